The van der Waals surface area contributed by atoms with Crippen LogP contribution in [-0.4, -0.2) is 44.8 Å². The number of fused-ring (bicyclic) bond motifs is 1. The maximum atomic E-state index is 12.6. The molecular weight excluding hydrogens is 380 g/mol. The van der Waals surface area contributed by atoms with Crippen molar-refractivity contribution in [3.05, 3.63) is 64.1 Å². The summed E-state index contributed by atoms with van der Waals surface area (Å²) in [5.74, 6) is -0.316. The summed E-state index contributed by atoms with van der Waals surface area (Å²) in [6, 6.07) is 8.10. The zero-order valence-electron chi connectivity index (χ0n) is 18.0. The van der Waals surface area contributed by atoms with Crippen molar-refractivity contribution in [2.75, 3.05) is 18.5 Å². The van der Waals surface area contributed by atoms with E-state index in [2.05, 4.69) is 47.7 Å². The maximum Gasteiger partial charge on any atom is 0.252 e. The molecule has 7 nitrogen and oxygen atoms in total. The number of hydrogen-bond acceptors (Lipinski definition) is 5. The number of aryl methyl sites for hydroxylation is 4. The number of carbonyl (C=O) groups is 1. The molecule has 0 spiro atoms. The molecule has 0 radical (unpaired) electrons. The standard InChI is InChI=1S/C23H30N4O3/c1-5-17-8-6-7-14(2)20(17)11-24-21-9-18(23(30)25-10-19(29)13-28)12-27-16(4)15(3)26-22(21)27/h6-9,12,19,24,28-29H,5,10-11,13H2,1-4H3,(H,25,30). The van der Waals surface area contributed by atoms with Crippen LogP contribution in [-0.2, 0) is 13.0 Å². The molecule has 4 N–H and O–H groups in total. The molecule has 3 rings (SSSR count). The molecule has 160 valence electrons. The summed E-state index contributed by atoms with van der Waals surface area (Å²) >= 11 is 0. The molecule has 2 aromatic heterocycles. The Morgan fingerprint density at radius 2 is 2.03 bits per heavy atom. The first-order chi connectivity index (χ1) is 14.3. The van der Waals surface area contributed by atoms with Crippen molar-refractivity contribution >= 4 is 17.2 Å². The van der Waals surface area contributed by atoms with Gasteiger partial charge in [-0.25, -0.2) is 4.98 Å². The van der Waals surface area contributed by atoms with E-state index in [-0.39, 0.29) is 12.5 Å². The molecule has 1 atom stereocenters. The Kier molecular flexibility index (Phi) is 6.74. The quantitative estimate of drug-likeness (QED) is 0.457. The van der Waals surface area contributed by atoms with Crippen LogP contribution in [0, 0.1) is 20.8 Å². The number of carbonyl (C=O) groups excluding carboxylic acids is 1. The Labute approximate surface area is 176 Å². The Hall–Kier alpha value is -2.90. The predicted octanol–water partition coefficient (Wildman–Crippen LogP) is 2.52. The predicted molar refractivity (Wildman–Crippen MR) is 118 cm³/mol. The lowest BCUT2D eigenvalue weighted by Crippen LogP contribution is -2.34. The van der Waals surface area contributed by atoms with Gasteiger partial charge in [-0.3, -0.25) is 4.79 Å². The number of amides is 1. The number of rotatable bonds is 8. The summed E-state index contributed by atoms with van der Waals surface area (Å²) in [6.45, 7) is 8.37. The van der Waals surface area contributed by atoms with Gasteiger partial charge in [0.25, 0.3) is 5.91 Å². The number of aliphatic hydroxyl groups is 2. The summed E-state index contributed by atoms with van der Waals surface area (Å²) in [4.78, 5) is 17.3. The topological polar surface area (TPSA) is 98.9 Å². The average molecular weight is 411 g/mol. The summed E-state index contributed by atoms with van der Waals surface area (Å²) in [7, 11) is 0. The summed E-state index contributed by atoms with van der Waals surface area (Å²) in [5.41, 5.74) is 7.62. The van der Waals surface area contributed by atoms with Crippen LogP contribution >= 0.6 is 0 Å². The number of imidazole rings is 1. The Morgan fingerprint density at radius 3 is 2.73 bits per heavy atom. The molecule has 0 fully saturated rings. The number of benzene rings is 1. The van der Waals surface area contributed by atoms with Crippen molar-refractivity contribution in [2.24, 2.45) is 0 Å². The van der Waals surface area contributed by atoms with Gasteiger partial charge in [0.1, 0.15) is 0 Å². The molecule has 0 aliphatic rings. The van der Waals surface area contributed by atoms with Crippen molar-refractivity contribution in [1.82, 2.24) is 14.7 Å². The van der Waals surface area contributed by atoms with E-state index in [1.54, 1.807) is 12.3 Å². The Balaban J connectivity index is 1.95. The van der Waals surface area contributed by atoms with Crippen LogP contribution in [0.4, 0.5) is 5.69 Å². The smallest absolute Gasteiger partial charge is 0.252 e. The van der Waals surface area contributed by atoms with Gasteiger partial charge in [0.15, 0.2) is 5.65 Å². The summed E-state index contributed by atoms with van der Waals surface area (Å²) in [5, 5.41) is 24.6. The molecule has 0 bridgehead atoms. The molecule has 7 heteroatoms. The van der Waals surface area contributed by atoms with Gasteiger partial charge >= 0.3 is 0 Å². The van der Waals surface area contributed by atoms with E-state index >= 15 is 0 Å². The monoisotopic (exact) mass is 410 g/mol. The van der Waals surface area contributed by atoms with Gasteiger partial charge in [-0.05, 0) is 49.9 Å². The van der Waals surface area contributed by atoms with Gasteiger partial charge in [0.05, 0.1) is 29.7 Å². The van der Waals surface area contributed by atoms with Crippen molar-refractivity contribution in [1.29, 1.82) is 0 Å². The van der Waals surface area contributed by atoms with E-state index in [1.165, 1.54) is 16.7 Å². The van der Waals surface area contributed by atoms with E-state index in [1.807, 2.05) is 18.2 Å². The number of nitrogens with zero attached hydrogens (tertiary/aromatic N) is 2. The van der Waals surface area contributed by atoms with Gasteiger partial charge in [-0.2, -0.15) is 0 Å². The molecule has 1 aromatic carbocycles. The van der Waals surface area contributed by atoms with E-state index in [9.17, 15) is 9.90 Å². The molecule has 30 heavy (non-hydrogen) atoms. The van der Waals surface area contributed by atoms with Gasteiger partial charge in [0, 0.05) is 25.0 Å². The largest absolute Gasteiger partial charge is 0.394 e. The number of aromatic nitrogens is 2. The summed E-state index contributed by atoms with van der Waals surface area (Å²) in [6.07, 6.45) is 1.72. The van der Waals surface area contributed by atoms with Crippen molar-refractivity contribution in [3.8, 4) is 0 Å². The fourth-order valence-corrected chi connectivity index (χ4v) is 3.53. The molecule has 1 unspecified atom stereocenters. The van der Waals surface area contributed by atoms with Gasteiger partial charge in [-0.15, -0.1) is 0 Å². The number of aliphatic hydroxyl groups excluding tert-OH is 2. The molecular formula is C23H30N4O3. The van der Waals surface area contributed by atoms with Crippen LogP contribution < -0.4 is 10.6 Å². The SMILES string of the molecule is CCc1cccc(C)c1CNc1cc(C(=O)NCC(O)CO)cn2c(C)c(C)nc12. The molecule has 0 saturated carbocycles. The molecule has 0 saturated heterocycles. The first-order valence-electron chi connectivity index (χ1n) is 10.2. The van der Waals surface area contributed by atoms with E-state index in [4.69, 9.17) is 5.11 Å². The number of nitrogens with one attached hydrogen (secondary N) is 2. The minimum atomic E-state index is -0.985. The highest BCUT2D eigenvalue weighted by molar-refractivity contribution is 5.96. The van der Waals surface area contributed by atoms with Gasteiger partial charge < -0.3 is 25.2 Å². The van der Waals surface area contributed by atoms with Gasteiger partial charge in [-0.1, -0.05) is 25.1 Å². The fraction of sp³-hybridized carbons (Fsp3) is 0.391. The Bertz CT molecular complexity index is 1060. The lowest BCUT2D eigenvalue weighted by molar-refractivity contribution is 0.0801. The highest BCUT2D eigenvalue weighted by Crippen LogP contribution is 2.24. The molecule has 0 aliphatic heterocycles. The number of pyridine rings is 1. The third kappa shape index (κ3) is 4.47. The molecule has 0 aliphatic carbocycles. The van der Waals surface area contributed by atoms with Crippen LogP contribution in [0.2, 0.25) is 0 Å². The molecule has 3 aromatic rings. The second-order valence-electron chi connectivity index (χ2n) is 7.58. The van der Waals surface area contributed by atoms with Crippen LogP contribution in [0.15, 0.2) is 30.5 Å². The highest BCUT2D eigenvalue weighted by Gasteiger charge is 2.16. The van der Waals surface area contributed by atoms with Crippen LogP contribution in [0.5, 0.6) is 0 Å². The van der Waals surface area contributed by atoms with E-state index in [0.29, 0.717) is 12.1 Å². The minimum absolute atomic E-state index is 0.0128. The maximum absolute atomic E-state index is 12.6. The normalized spacial score (nSPS) is 12.2. The van der Waals surface area contributed by atoms with Crippen molar-refractivity contribution in [2.45, 2.75) is 46.8 Å². The molecule has 1 amide bonds. The minimum Gasteiger partial charge on any atom is -0.394 e. The second kappa shape index (κ2) is 9.28. The third-order valence-electron chi connectivity index (χ3n) is 5.51. The first kappa shape index (κ1) is 21.8. The third-order valence-corrected chi connectivity index (χ3v) is 5.51. The van der Waals surface area contributed by atoms with E-state index < -0.39 is 12.7 Å². The number of hydrogen-bond donors (Lipinski definition) is 4. The fourth-order valence-electron chi connectivity index (χ4n) is 3.53. The zero-order chi connectivity index (χ0) is 21.8. The summed E-state index contributed by atoms with van der Waals surface area (Å²) < 4.78 is 1.91. The highest BCUT2D eigenvalue weighted by atomic mass is 16.3. The van der Waals surface area contributed by atoms with Crippen LogP contribution in [0.25, 0.3) is 5.65 Å². The second-order valence-corrected chi connectivity index (χ2v) is 7.58. The van der Waals surface area contributed by atoms with Crippen molar-refractivity contribution < 1.29 is 15.0 Å². The lowest BCUT2D eigenvalue weighted by atomic mass is 10.00. The van der Waals surface area contributed by atoms with Gasteiger partial charge in [0.2, 0.25) is 0 Å². The zero-order valence-corrected chi connectivity index (χ0v) is 18.0. The molecule has 2 heterocycles. The first-order valence-corrected chi connectivity index (χ1v) is 10.2. The lowest BCUT2D eigenvalue weighted by Gasteiger charge is -2.15. The van der Waals surface area contributed by atoms with E-state index in [0.717, 1.165) is 29.1 Å². The Morgan fingerprint density at radius 1 is 1.27 bits per heavy atom. The number of anilines is 1. The van der Waals surface area contributed by atoms with Crippen molar-refractivity contribution in [3.63, 3.8) is 0 Å². The van der Waals surface area contributed by atoms with Crippen LogP contribution in [0.3, 0.4) is 0 Å². The van der Waals surface area contributed by atoms with Crippen LogP contribution in [0.1, 0.15) is 45.4 Å². The average Bonchev–Trinajstić information content (AvgIpc) is 3.04.